The van der Waals surface area contributed by atoms with E-state index in [2.05, 4.69) is 15.2 Å². The first-order chi connectivity index (χ1) is 11.1. The lowest BCUT2D eigenvalue weighted by molar-refractivity contribution is 0.199. The van der Waals surface area contributed by atoms with Crippen LogP contribution < -0.4 is 10.2 Å². The number of anilines is 1. The van der Waals surface area contributed by atoms with Gasteiger partial charge in [-0.05, 0) is 30.7 Å². The van der Waals surface area contributed by atoms with Gasteiger partial charge in [-0.3, -0.25) is 0 Å². The molecule has 2 amide bonds. The topological polar surface area (TPSA) is 61.6 Å². The molecule has 23 heavy (non-hydrogen) atoms. The molecule has 2 aromatic heterocycles. The molecular formula is C16H19ClN4O2. The van der Waals surface area contributed by atoms with Gasteiger partial charge in [0.2, 0.25) is 0 Å². The molecule has 3 rings (SSSR count). The summed E-state index contributed by atoms with van der Waals surface area (Å²) in [6.45, 7) is 1.97. The van der Waals surface area contributed by atoms with E-state index in [0.29, 0.717) is 18.1 Å². The highest BCUT2D eigenvalue weighted by Gasteiger charge is 2.26. The summed E-state index contributed by atoms with van der Waals surface area (Å²) in [6, 6.07) is 7.27. The quantitative estimate of drug-likeness (QED) is 0.934. The van der Waals surface area contributed by atoms with Crippen LogP contribution in [0.4, 0.5) is 10.6 Å². The smallest absolute Gasteiger partial charge is 0.317 e. The molecule has 2 aromatic rings. The van der Waals surface area contributed by atoms with Crippen molar-refractivity contribution in [3.8, 4) is 0 Å². The Kier molecular flexibility index (Phi) is 4.71. The highest BCUT2D eigenvalue weighted by molar-refractivity contribution is 6.32. The molecule has 0 unspecified atom stereocenters. The standard InChI is InChI=1S/C16H19ClN4O2/c1-20(11-13-4-3-9-23-13)16(22)19-12-6-8-21(10-12)15-14(17)5-2-7-18-15/h2-5,7,9,12H,6,8,10-11H2,1H3,(H,19,22)/t12-/m1/s1. The summed E-state index contributed by atoms with van der Waals surface area (Å²) in [5.74, 6) is 1.53. The van der Waals surface area contributed by atoms with Crippen LogP contribution in [0, 0.1) is 0 Å². The normalized spacial score (nSPS) is 17.3. The third kappa shape index (κ3) is 3.76. The van der Waals surface area contributed by atoms with Crippen LogP contribution >= 0.6 is 11.6 Å². The van der Waals surface area contributed by atoms with E-state index in [9.17, 15) is 4.79 Å². The fraction of sp³-hybridized carbons (Fsp3) is 0.375. The lowest BCUT2D eigenvalue weighted by Gasteiger charge is -2.21. The number of rotatable bonds is 4. The lowest BCUT2D eigenvalue weighted by atomic mass is 10.3. The molecule has 1 N–H and O–H groups in total. The van der Waals surface area contributed by atoms with Crippen molar-refractivity contribution in [2.75, 3.05) is 25.0 Å². The van der Waals surface area contributed by atoms with Gasteiger partial charge in [-0.1, -0.05) is 11.6 Å². The maximum absolute atomic E-state index is 12.2. The molecule has 0 bridgehead atoms. The Bertz CT molecular complexity index is 662. The van der Waals surface area contributed by atoms with Gasteiger partial charge in [0.05, 0.1) is 17.8 Å². The average molecular weight is 335 g/mol. The van der Waals surface area contributed by atoms with Gasteiger partial charge >= 0.3 is 6.03 Å². The molecule has 1 fully saturated rings. The molecule has 1 aliphatic heterocycles. The Morgan fingerprint density at radius 2 is 2.39 bits per heavy atom. The predicted octanol–water partition coefficient (Wildman–Crippen LogP) is 2.75. The molecule has 1 aliphatic rings. The van der Waals surface area contributed by atoms with Crippen LogP contribution in [0.3, 0.4) is 0 Å². The Morgan fingerprint density at radius 1 is 1.52 bits per heavy atom. The van der Waals surface area contributed by atoms with Crippen molar-refractivity contribution in [1.82, 2.24) is 15.2 Å². The van der Waals surface area contributed by atoms with E-state index in [0.717, 1.165) is 24.5 Å². The van der Waals surface area contributed by atoms with E-state index in [1.165, 1.54) is 0 Å². The van der Waals surface area contributed by atoms with E-state index in [4.69, 9.17) is 16.0 Å². The van der Waals surface area contributed by atoms with Crippen molar-refractivity contribution >= 4 is 23.4 Å². The van der Waals surface area contributed by atoms with Gasteiger partial charge in [0.25, 0.3) is 0 Å². The number of hydrogen-bond donors (Lipinski definition) is 1. The largest absolute Gasteiger partial charge is 0.467 e. The fourth-order valence-corrected chi connectivity index (χ4v) is 2.91. The number of carbonyl (C=O) groups is 1. The van der Waals surface area contributed by atoms with Crippen molar-refractivity contribution in [3.05, 3.63) is 47.5 Å². The molecule has 6 nitrogen and oxygen atoms in total. The molecule has 0 aliphatic carbocycles. The molecule has 7 heteroatoms. The molecular weight excluding hydrogens is 316 g/mol. The highest BCUT2D eigenvalue weighted by atomic mass is 35.5. The average Bonchev–Trinajstić information content (AvgIpc) is 3.19. The van der Waals surface area contributed by atoms with E-state index in [1.54, 1.807) is 24.4 Å². The number of aromatic nitrogens is 1. The van der Waals surface area contributed by atoms with Gasteiger partial charge in [0.1, 0.15) is 11.6 Å². The third-order valence-electron chi connectivity index (χ3n) is 3.87. The predicted molar refractivity (Wildman–Crippen MR) is 88.6 cm³/mol. The van der Waals surface area contributed by atoms with Crippen LogP contribution in [0.15, 0.2) is 41.1 Å². The van der Waals surface area contributed by atoms with Gasteiger partial charge in [-0.25, -0.2) is 9.78 Å². The van der Waals surface area contributed by atoms with Crippen LogP contribution in [0.25, 0.3) is 0 Å². The number of pyridine rings is 1. The zero-order chi connectivity index (χ0) is 16.2. The summed E-state index contributed by atoms with van der Waals surface area (Å²) in [6.07, 6.45) is 4.20. The van der Waals surface area contributed by atoms with E-state index in [-0.39, 0.29) is 12.1 Å². The molecule has 3 heterocycles. The number of carbonyl (C=O) groups excluding carboxylic acids is 1. The van der Waals surface area contributed by atoms with E-state index < -0.39 is 0 Å². The third-order valence-corrected chi connectivity index (χ3v) is 4.17. The zero-order valence-electron chi connectivity index (χ0n) is 12.9. The number of urea groups is 1. The molecule has 0 aromatic carbocycles. The second-order valence-corrected chi connectivity index (χ2v) is 6.03. The van der Waals surface area contributed by atoms with E-state index >= 15 is 0 Å². The summed E-state index contributed by atoms with van der Waals surface area (Å²) in [5, 5.41) is 3.68. The minimum absolute atomic E-state index is 0.0830. The van der Waals surface area contributed by atoms with Gasteiger partial charge in [0.15, 0.2) is 0 Å². The maximum Gasteiger partial charge on any atom is 0.317 e. The van der Waals surface area contributed by atoms with Crippen LogP contribution in [0.5, 0.6) is 0 Å². The summed E-state index contributed by atoms with van der Waals surface area (Å²) in [4.78, 5) is 20.3. The van der Waals surface area contributed by atoms with Crippen molar-refractivity contribution in [2.45, 2.75) is 19.0 Å². The first kappa shape index (κ1) is 15.7. The Balaban J connectivity index is 1.53. The Labute approximate surface area is 140 Å². The SMILES string of the molecule is CN(Cc1ccco1)C(=O)N[C@@H]1CCN(c2ncccc2Cl)C1. The minimum Gasteiger partial charge on any atom is -0.467 e. The van der Waals surface area contributed by atoms with Crippen molar-refractivity contribution in [1.29, 1.82) is 0 Å². The van der Waals surface area contributed by atoms with Crippen molar-refractivity contribution < 1.29 is 9.21 Å². The lowest BCUT2D eigenvalue weighted by Crippen LogP contribution is -2.44. The Hall–Kier alpha value is -2.21. The number of halogens is 1. The highest BCUT2D eigenvalue weighted by Crippen LogP contribution is 2.25. The maximum atomic E-state index is 12.2. The van der Waals surface area contributed by atoms with Gasteiger partial charge in [0, 0.05) is 32.4 Å². The molecule has 1 saturated heterocycles. The number of nitrogens with zero attached hydrogens (tertiary/aromatic N) is 3. The summed E-state index contributed by atoms with van der Waals surface area (Å²) in [5.41, 5.74) is 0. The number of amides is 2. The fourth-order valence-electron chi connectivity index (χ4n) is 2.67. The van der Waals surface area contributed by atoms with Crippen LogP contribution in [-0.2, 0) is 6.54 Å². The summed E-state index contributed by atoms with van der Waals surface area (Å²) < 4.78 is 5.26. The summed E-state index contributed by atoms with van der Waals surface area (Å²) in [7, 11) is 1.75. The van der Waals surface area contributed by atoms with Gasteiger partial charge < -0.3 is 19.5 Å². The Morgan fingerprint density at radius 3 is 3.13 bits per heavy atom. The number of nitrogens with one attached hydrogen (secondary N) is 1. The van der Waals surface area contributed by atoms with E-state index in [1.807, 2.05) is 24.3 Å². The number of furan rings is 1. The molecule has 0 spiro atoms. The van der Waals surface area contributed by atoms with Crippen LogP contribution in [-0.4, -0.2) is 42.1 Å². The van der Waals surface area contributed by atoms with Crippen molar-refractivity contribution in [3.63, 3.8) is 0 Å². The van der Waals surface area contributed by atoms with Crippen LogP contribution in [0.2, 0.25) is 5.02 Å². The monoisotopic (exact) mass is 334 g/mol. The zero-order valence-corrected chi connectivity index (χ0v) is 13.7. The van der Waals surface area contributed by atoms with Gasteiger partial charge in [-0.15, -0.1) is 0 Å². The summed E-state index contributed by atoms with van der Waals surface area (Å²) >= 11 is 6.18. The second-order valence-electron chi connectivity index (χ2n) is 5.63. The number of hydrogen-bond acceptors (Lipinski definition) is 4. The molecule has 0 saturated carbocycles. The molecule has 1 atom stereocenters. The first-order valence-electron chi connectivity index (χ1n) is 7.53. The molecule has 122 valence electrons. The minimum atomic E-state index is -0.111. The first-order valence-corrected chi connectivity index (χ1v) is 7.91. The molecule has 0 radical (unpaired) electrons. The van der Waals surface area contributed by atoms with Crippen LogP contribution in [0.1, 0.15) is 12.2 Å². The van der Waals surface area contributed by atoms with Crippen molar-refractivity contribution in [2.24, 2.45) is 0 Å². The second kappa shape index (κ2) is 6.91. The van der Waals surface area contributed by atoms with Gasteiger partial charge in [-0.2, -0.15) is 0 Å².